The van der Waals surface area contributed by atoms with Crippen molar-refractivity contribution in [3.63, 3.8) is 0 Å². The Morgan fingerprint density at radius 1 is 1.21 bits per heavy atom. The molecular weight excluding hydrogens is 364 g/mol. The summed E-state index contributed by atoms with van der Waals surface area (Å²) in [5.74, 6) is -1.32. The molecule has 2 heterocycles. The van der Waals surface area contributed by atoms with E-state index >= 15 is 0 Å². The average molecular weight is 385 g/mol. The third-order valence-corrected chi connectivity index (χ3v) is 6.55. The van der Waals surface area contributed by atoms with Gasteiger partial charge >= 0.3 is 0 Å². The van der Waals surface area contributed by atoms with Gasteiger partial charge in [-0.25, -0.2) is 13.8 Å². The Hall–Kier alpha value is -2.57. The van der Waals surface area contributed by atoms with Crippen LogP contribution in [-0.4, -0.2) is 41.0 Å². The summed E-state index contributed by atoms with van der Waals surface area (Å²) in [7, 11) is 0. The molecule has 2 aliphatic heterocycles. The average Bonchev–Trinajstić information content (AvgIpc) is 3.14. The largest absolute Gasteiger partial charge is 0.335 e. The van der Waals surface area contributed by atoms with E-state index in [2.05, 4.69) is 5.10 Å². The van der Waals surface area contributed by atoms with E-state index in [0.717, 1.165) is 30.9 Å². The lowest BCUT2D eigenvalue weighted by Gasteiger charge is -2.70. The van der Waals surface area contributed by atoms with E-state index in [1.54, 1.807) is 12.3 Å². The van der Waals surface area contributed by atoms with Crippen LogP contribution in [0.25, 0.3) is 0 Å². The van der Waals surface area contributed by atoms with Crippen molar-refractivity contribution < 1.29 is 18.4 Å². The molecule has 3 aliphatic carbocycles. The van der Waals surface area contributed by atoms with Gasteiger partial charge in [-0.2, -0.15) is 5.10 Å². The van der Waals surface area contributed by atoms with E-state index < -0.39 is 23.1 Å². The van der Waals surface area contributed by atoms with Crippen molar-refractivity contribution in [2.45, 2.75) is 38.6 Å². The van der Waals surface area contributed by atoms with E-state index in [1.807, 2.05) is 11.8 Å². The van der Waals surface area contributed by atoms with Gasteiger partial charge in [0.25, 0.3) is 0 Å². The molecule has 7 heteroatoms. The van der Waals surface area contributed by atoms with Crippen LogP contribution in [0.3, 0.4) is 0 Å². The zero-order valence-corrected chi connectivity index (χ0v) is 15.6. The van der Waals surface area contributed by atoms with Crippen LogP contribution < -0.4 is 0 Å². The molecule has 2 bridgehead atoms. The van der Waals surface area contributed by atoms with Gasteiger partial charge in [-0.3, -0.25) is 9.59 Å². The minimum absolute atomic E-state index is 0.0354. The second kappa shape index (κ2) is 5.72. The summed E-state index contributed by atoms with van der Waals surface area (Å²) < 4.78 is 27.2. The van der Waals surface area contributed by atoms with Crippen molar-refractivity contribution in [2.75, 3.05) is 13.1 Å². The molecule has 146 valence electrons. The molecule has 3 fully saturated rings. The zero-order chi connectivity index (χ0) is 19.7. The molecule has 1 aromatic rings. The van der Waals surface area contributed by atoms with Crippen molar-refractivity contribution in [1.29, 1.82) is 0 Å². The van der Waals surface area contributed by atoms with Crippen LogP contribution in [0.1, 0.15) is 44.2 Å². The summed E-state index contributed by atoms with van der Waals surface area (Å²) in [6.07, 6.45) is 5.99. The molecule has 5 nitrogen and oxygen atoms in total. The molecular formula is C21H21F2N3O2. The Kier molecular flexibility index (Phi) is 3.58. The Bertz CT molecular complexity index is 915. The summed E-state index contributed by atoms with van der Waals surface area (Å²) in [5.41, 5.74) is 1.10. The molecule has 6 rings (SSSR count). The van der Waals surface area contributed by atoms with Gasteiger partial charge in [0.2, 0.25) is 11.8 Å². The Morgan fingerprint density at radius 2 is 1.89 bits per heavy atom. The summed E-state index contributed by atoms with van der Waals surface area (Å²) >= 11 is 0. The fraction of sp³-hybridized carbons (Fsp3) is 0.476. The van der Waals surface area contributed by atoms with Gasteiger partial charge in [0.15, 0.2) is 0 Å². The Labute approximate surface area is 161 Å². The van der Waals surface area contributed by atoms with Crippen LogP contribution >= 0.6 is 0 Å². The molecule has 0 N–H and O–H groups in total. The molecule has 0 saturated heterocycles. The number of hydrazone groups is 1. The second-order valence-electron chi connectivity index (χ2n) is 8.90. The molecule has 28 heavy (non-hydrogen) atoms. The normalized spacial score (nSPS) is 33.0. The number of carbonyl (C=O) groups excluding carboxylic acids is 2. The fourth-order valence-electron chi connectivity index (χ4n) is 5.56. The molecule has 0 aromatic heterocycles. The summed E-state index contributed by atoms with van der Waals surface area (Å²) in [5, 5.41) is 5.62. The highest BCUT2D eigenvalue weighted by atomic mass is 19.1. The lowest BCUT2D eigenvalue weighted by atomic mass is 9.34. The van der Waals surface area contributed by atoms with E-state index in [4.69, 9.17) is 0 Å². The summed E-state index contributed by atoms with van der Waals surface area (Å²) in [6, 6.07) is 2.89. The van der Waals surface area contributed by atoms with E-state index in [-0.39, 0.29) is 17.2 Å². The molecule has 2 amide bonds. The van der Waals surface area contributed by atoms with Crippen molar-refractivity contribution in [3.8, 4) is 0 Å². The van der Waals surface area contributed by atoms with Crippen molar-refractivity contribution >= 4 is 18.0 Å². The lowest BCUT2D eigenvalue weighted by Crippen LogP contribution is -2.70. The van der Waals surface area contributed by atoms with Gasteiger partial charge in [-0.15, -0.1) is 0 Å². The van der Waals surface area contributed by atoms with Crippen molar-refractivity contribution in [2.24, 2.45) is 15.9 Å². The highest BCUT2D eigenvalue weighted by Gasteiger charge is 2.72. The van der Waals surface area contributed by atoms with Crippen LogP contribution in [0, 0.1) is 22.5 Å². The molecule has 5 aliphatic rings. The van der Waals surface area contributed by atoms with Crippen LogP contribution in [0.5, 0.6) is 0 Å². The van der Waals surface area contributed by atoms with E-state index in [9.17, 15) is 18.4 Å². The predicted molar refractivity (Wildman–Crippen MR) is 98.1 cm³/mol. The number of nitrogens with zero attached hydrogens (tertiary/aromatic N) is 3. The first-order valence-electron chi connectivity index (χ1n) is 9.58. The Morgan fingerprint density at radius 3 is 2.50 bits per heavy atom. The second-order valence-corrected chi connectivity index (χ2v) is 8.90. The summed E-state index contributed by atoms with van der Waals surface area (Å²) in [6.45, 7) is 3.31. The van der Waals surface area contributed by atoms with Crippen molar-refractivity contribution in [1.82, 2.24) is 9.91 Å². The maximum Gasteiger partial charge on any atom is 0.249 e. The number of amides is 2. The van der Waals surface area contributed by atoms with Crippen LogP contribution in [0.2, 0.25) is 0 Å². The molecule has 1 aromatic carbocycles. The SMILES string of the molecule is CC1=CC(=O)N(CC23CC(C(=O)N4N=CCC4c4cc(F)cc(F)c4)(C2)C3)C1. The highest BCUT2D eigenvalue weighted by Crippen LogP contribution is 2.74. The lowest BCUT2D eigenvalue weighted by molar-refractivity contribution is -0.222. The predicted octanol–water partition coefficient (Wildman–Crippen LogP) is 3.18. The minimum atomic E-state index is -0.655. The number of rotatable bonds is 4. The van der Waals surface area contributed by atoms with Gasteiger partial charge in [-0.1, -0.05) is 0 Å². The van der Waals surface area contributed by atoms with Crippen molar-refractivity contribution in [3.05, 3.63) is 47.0 Å². The standard InChI is InChI=1S/C21H21F2N3O2/c1-13-4-18(27)25(8-13)12-20-9-21(10-20,11-20)19(28)26-17(2-3-24-26)14-5-15(22)7-16(23)6-14/h3-7,17H,2,8-12H2,1H3. The first kappa shape index (κ1) is 17.5. The monoisotopic (exact) mass is 385 g/mol. The van der Waals surface area contributed by atoms with Crippen LogP contribution in [-0.2, 0) is 9.59 Å². The quantitative estimate of drug-likeness (QED) is 0.799. The molecule has 0 radical (unpaired) electrons. The van der Waals surface area contributed by atoms with E-state index in [0.29, 0.717) is 25.1 Å². The number of halogens is 2. The first-order chi connectivity index (χ1) is 13.3. The van der Waals surface area contributed by atoms with Gasteiger partial charge in [0.1, 0.15) is 11.6 Å². The van der Waals surface area contributed by atoms with Gasteiger partial charge in [-0.05, 0) is 54.9 Å². The number of hydrogen-bond acceptors (Lipinski definition) is 3. The third-order valence-electron chi connectivity index (χ3n) is 6.55. The van der Waals surface area contributed by atoms with E-state index in [1.165, 1.54) is 17.1 Å². The van der Waals surface area contributed by atoms with Crippen LogP contribution in [0.15, 0.2) is 34.9 Å². The van der Waals surface area contributed by atoms with Crippen LogP contribution in [0.4, 0.5) is 8.78 Å². The number of benzene rings is 1. The number of carbonyl (C=O) groups is 2. The molecule has 1 atom stereocenters. The Balaban J connectivity index is 1.27. The third kappa shape index (κ3) is 2.52. The summed E-state index contributed by atoms with van der Waals surface area (Å²) in [4.78, 5) is 27.0. The highest BCUT2D eigenvalue weighted by molar-refractivity contribution is 5.92. The van der Waals surface area contributed by atoms with Gasteiger partial charge in [0, 0.05) is 37.9 Å². The topological polar surface area (TPSA) is 53.0 Å². The molecule has 1 unspecified atom stereocenters. The maximum atomic E-state index is 13.6. The number of hydrogen-bond donors (Lipinski definition) is 0. The molecule has 3 saturated carbocycles. The maximum absolute atomic E-state index is 13.6. The fourth-order valence-corrected chi connectivity index (χ4v) is 5.56. The van der Waals surface area contributed by atoms with Gasteiger partial charge < -0.3 is 4.90 Å². The van der Waals surface area contributed by atoms with Gasteiger partial charge in [0.05, 0.1) is 11.5 Å². The minimum Gasteiger partial charge on any atom is -0.335 e. The molecule has 0 spiro atoms. The first-order valence-corrected chi connectivity index (χ1v) is 9.58. The smallest absolute Gasteiger partial charge is 0.249 e. The zero-order valence-electron chi connectivity index (χ0n) is 15.6.